The molecular formula is C9H6FN3O3. The third-order valence-corrected chi connectivity index (χ3v) is 1.97. The molecule has 82 valence electrons. The lowest BCUT2D eigenvalue weighted by molar-refractivity contribution is -0.387. The summed E-state index contributed by atoms with van der Waals surface area (Å²) in [6.07, 6.45) is 0. The van der Waals surface area contributed by atoms with Crippen LogP contribution in [0.3, 0.4) is 0 Å². The van der Waals surface area contributed by atoms with E-state index in [1.807, 2.05) is 0 Å². The molecule has 0 bridgehead atoms. The smallest absolute Gasteiger partial charge is 0.305 e. The monoisotopic (exact) mass is 223 g/mol. The summed E-state index contributed by atoms with van der Waals surface area (Å²) in [5, 5.41) is 14.1. The number of nitrogens with two attached hydrogens (primary N) is 1. The molecule has 0 aliphatic carbocycles. The number of aromatic nitrogens is 1. The number of rotatable bonds is 2. The van der Waals surface area contributed by atoms with E-state index in [0.29, 0.717) is 11.3 Å². The minimum absolute atomic E-state index is 0.0852. The van der Waals surface area contributed by atoms with Crippen molar-refractivity contribution in [2.24, 2.45) is 0 Å². The molecule has 0 radical (unpaired) electrons. The zero-order valence-electron chi connectivity index (χ0n) is 7.88. The fourth-order valence-electron chi connectivity index (χ4n) is 1.24. The van der Waals surface area contributed by atoms with E-state index in [1.54, 1.807) is 0 Å². The van der Waals surface area contributed by atoms with Crippen molar-refractivity contribution in [1.29, 1.82) is 0 Å². The van der Waals surface area contributed by atoms with Crippen LogP contribution < -0.4 is 5.73 Å². The van der Waals surface area contributed by atoms with Crippen molar-refractivity contribution in [2.45, 2.75) is 0 Å². The van der Waals surface area contributed by atoms with Gasteiger partial charge in [-0.3, -0.25) is 10.1 Å². The molecule has 2 rings (SSSR count). The average molecular weight is 223 g/mol. The fourth-order valence-corrected chi connectivity index (χ4v) is 1.24. The van der Waals surface area contributed by atoms with Crippen LogP contribution in [0.5, 0.6) is 0 Å². The van der Waals surface area contributed by atoms with Crippen LogP contribution in [0.4, 0.5) is 16.0 Å². The molecule has 0 saturated heterocycles. The predicted octanol–water partition coefficient (Wildman–Crippen LogP) is 1.97. The van der Waals surface area contributed by atoms with E-state index in [1.165, 1.54) is 12.1 Å². The summed E-state index contributed by atoms with van der Waals surface area (Å²) >= 11 is 0. The highest BCUT2D eigenvalue weighted by atomic mass is 19.1. The lowest BCUT2D eigenvalue weighted by Crippen LogP contribution is -1.92. The van der Waals surface area contributed by atoms with Gasteiger partial charge in [-0.25, -0.2) is 0 Å². The zero-order chi connectivity index (χ0) is 11.7. The van der Waals surface area contributed by atoms with Gasteiger partial charge in [0.15, 0.2) is 0 Å². The first-order valence-corrected chi connectivity index (χ1v) is 4.24. The van der Waals surface area contributed by atoms with Crippen molar-refractivity contribution in [2.75, 3.05) is 5.73 Å². The number of halogens is 1. The number of nitro groups is 1. The molecule has 0 aliphatic rings. The summed E-state index contributed by atoms with van der Waals surface area (Å²) in [6.45, 7) is 0. The Morgan fingerprint density at radius 3 is 2.75 bits per heavy atom. The summed E-state index contributed by atoms with van der Waals surface area (Å²) in [6, 6.07) is 4.83. The number of hydrogen-bond donors (Lipinski definition) is 1. The van der Waals surface area contributed by atoms with Crippen molar-refractivity contribution in [1.82, 2.24) is 5.16 Å². The maximum absolute atomic E-state index is 13.0. The molecule has 2 N–H and O–H groups in total. The van der Waals surface area contributed by atoms with E-state index in [-0.39, 0.29) is 5.88 Å². The van der Waals surface area contributed by atoms with Crippen LogP contribution in [-0.4, -0.2) is 10.1 Å². The van der Waals surface area contributed by atoms with Crippen LogP contribution in [-0.2, 0) is 0 Å². The van der Waals surface area contributed by atoms with Gasteiger partial charge in [0.2, 0.25) is 11.7 Å². The number of benzene rings is 1. The second-order valence-electron chi connectivity index (χ2n) is 3.04. The molecular weight excluding hydrogens is 217 g/mol. The normalized spacial score (nSPS) is 10.3. The Bertz CT molecular complexity index is 553. The molecule has 1 aromatic heterocycles. The maximum Gasteiger partial charge on any atom is 0.305 e. The fraction of sp³-hybridized carbons (Fsp3) is 0. The van der Waals surface area contributed by atoms with Crippen molar-refractivity contribution in [3.8, 4) is 11.3 Å². The van der Waals surface area contributed by atoms with E-state index in [9.17, 15) is 14.5 Å². The molecule has 7 heteroatoms. The van der Waals surface area contributed by atoms with Crippen LogP contribution in [0.25, 0.3) is 11.3 Å². The summed E-state index contributed by atoms with van der Waals surface area (Å²) in [4.78, 5) is 9.70. The van der Waals surface area contributed by atoms with Crippen LogP contribution in [0.2, 0.25) is 0 Å². The Morgan fingerprint density at radius 1 is 1.44 bits per heavy atom. The van der Waals surface area contributed by atoms with Gasteiger partial charge in [0.25, 0.3) is 0 Å². The van der Waals surface area contributed by atoms with Gasteiger partial charge in [-0.15, -0.1) is 0 Å². The summed E-state index contributed by atoms with van der Waals surface area (Å²) in [7, 11) is 0. The third kappa shape index (κ3) is 1.70. The second-order valence-corrected chi connectivity index (χ2v) is 3.04. The summed E-state index contributed by atoms with van der Waals surface area (Å²) in [5.74, 6) is -0.813. The SMILES string of the molecule is Nc1cc(-c2ccc(F)c([N+](=O)[O-])c2)no1. The van der Waals surface area contributed by atoms with E-state index >= 15 is 0 Å². The molecule has 6 nitrogen and oxygen atoms in total. The Labute approximate surface area is 88.6 Å². The molecule has 0 fully saturated rings. The molecule has 1 aromatic carbocycles. The van der Waals surface area contributed by atoms with Crippen molar-refractivity contribution in [3.63, 3.8) is 0 Å². The van der Waals surface area contributed by atoms with Crippen LogP contribution in [0.1, 0.15) is 0 Å². The highest BCUT2D eigenvalue weighted by Crippen LogP contribution is 2.26. The third-order valence-electron chi connectivity index (χ3n) is 1.97. The van der Waals surface area contributed by atoms with Gasteiger partial charge >= 0.3 is 5.69 Å². The lowest BCUT2D eigenvalue weighted by Gasteiger charge is -1.96. The molecule has 2 aromatic rings. The van der Waals surface area contributed by atoms with Crippen LogP contribution in [0, 0.1) is 15.9 Å². The molecule has 0 amide bonds. The summed E-state index contributed by atoms with van der Waals surface area (Å²) in [5.41, 5.74) is 5.38. The molecule has 0 aliphatic heterocycles. The number of nitrogen functional groups attached to an aromatic ring is 1. The van der Waals surface area contributed by atoms with Crippen LogP contribution in [0.15, 0.2) is 28.8 Å². The van der Waals surface area contributed by atoms with Gasteiger partial charge in [-0.2, -0.15) is 4.39 Å². The number of hydrogen-bond acceptors (Lipinski definition) is 5. The molecule has 0 saturated carbocycles. The van der Waals surface area contributed by atoms with Gasteiger partial charge in [0, 0.05) is 17.7 Å². The molecule has 0 unspecified atom stereocenters. The van der Waals surface area contributed by atoms with E-state index < -0.39 is 16.4 Å². The minimum atomic E-state index is -0.898. The van der Waals surface area contributed by atoms with E-state index in [4.69, 9.17) is 5.73 Å². The number of nitro benzene ring substituents is 1. The van der Waals surface area contributed by atoms with Gasteiger partial charge < -0.3 is 10.3 Å². The first kappa shape index (κ1) is 10.1. The first-order valence-electron chi connectivity index (χ1n) is 4.24. The average Bonchev–Trinajstić information content (AvgIpc) is 2.65. The Hall–Kier alpha value is -2.44. The largest absolute Gasteiger partial charge is 0.368 e. The predicted molar refractivity (Wildman–Crippen MR) is 53.0 cm³/mol. The van der Waals surface area contributed by atoms with Crippen molar-refractivity contribution in [3.05, 3.63) is 40.2 Å². The Morgan fingerprint density at radius 2 is 2.19 bits per heavy atom. The number of anilines is 1. The summed E-state index contributed by atoms with van der Waals surface area (Å²) < 4.78 is 17.6. The van der Waals surface area contributed by atoms with Crippen molar-refractivity contribution < 1.29 is 13.8 Å². The molecule has 1 heterocycles. The zero-order valence-corrected chi connectivity index (χ0v) is 7.88. The van der Waals surface area contributed by atoms with E-state index in [0.717, 1.165) is 12.1 Å². The second kappa shape index (κ2) is 3.61. The highest BCUT2D eigenvalue weighted by molar-refractivity contribution is 5.64. The van der Waals surface area contributed by atoms with Crippen LogP contribution >= 0.6 is 0 Å². The Kier molecular flexibility index (Phi) is 2.28. The maximum atomic E-state index is 13.0. The molecule has 0 atom stereocenters. The first-order chi connectivity index (χ1) is 7.58. The topological polar surface area (TPSA) is 95.2 Å². The number of nitrogens with zero attached hydrogens (tertiary/aromatic N) is 2. The van der Waals surface area contributed by atoms with Gasteiger partial charge in [-0.05, 0) is 12.1 Å². The quantitative estimate of drug-likeness (QED) is 0.620. The highest BCUT2D eigenvalue weighted by Gasteiger charge is 2.16. The van der Waals surface area contributed by atoms with Gasteiger partial charge in [0.1, 0.15) is 5.69 Å². The standard InChI is InChI=1S/C9H6FN3O3/c10-6-2-1-5(3-8(6)13(14)15)7-4-9(11)16-12-7/h1-4H,11H2. The van der Waals surface area contributed by atoms with Crippen molar-refractivity contribution >= 4 is 11.6 Å². The molecule has 0 spiro atoms. The van der Waals surface area contributed by atoms with Gasteiger partial charge in [0.05, 0.1) is 4.92 Å². The lowest BCUT2D eigenvalue weighted by atomic mass is 10.1. The molecule has 16 heavy (non-hydrogen) atoms. The van der Waals surface area contributed by atoms with Gasteiger partial charge in [-0.1, -0.05) is 5.16 Å². The Balaban J connectivity index is 2.51. The van der Waals surface area contributed by atoms with E-state index in [2.05, 4.69) is 9.68 Å². The minimum Gasteiger partial charge on any atom is -0.368 e.